The van der Waals surface area contributed by atoms with E-state index in [0.29, 0.717) is 17.9 Å². The lowest BCUT2D eigenvalue weighted by atomic mass is 10.2. The van der Waals surface area contributed by atoms with E-state index in [4.69, 9.17) is 0 Å². The Labute approximate surface area is 123 Å². The van der Waals surface area contributed by atoms with Crippen molar-refractivity contribution in [3.63, 3.8) is 0 Å². The molecule has 2 aromatic heterocycles. The Morgan fingerprint density at radius 2 is 2.05 bits per heavy atom. The molecule has 0 bridgehead atoms. The highest BCUT2D eigenvalue weighted by Gasteiger charge is 2.05. The maximum Gasteiger partial charge on any atom is 0.251 e. The summed E-state index contributed by atoms with van der Waals surface area (Å²) in [5.41, 5.74) is 1.55. The van der Waals surface area contributed by atoms with Gasteiger partial charge in [0.1, 0.15) is 0 Å². The minimum absolute atomic E-state index is 0.108. The van der Waals surface area contributed by atoms with Crippen molar-refractivity contribution in [1.29, 1.82) is 0 Å². The van der Waals surface area contributed by atoms with Crippen LogP contribution in [0.15, 0.2) is 53.5 Å². The Morgan fingerprint density at radius 3 is 2.85 bits per heavy atom. The van der Waals surface area contributed by atoms with E-state index in [0.717, 1.165) is 10.0 Å². The second-order valence-corrected chi connectivity index (χ2v) is 5.20. The maximum absolute atomic E-state index is 12.0. The lowest BCUT2D eigenvalue weighted by Crippen LogP contribution is -2.22. The second-order valence-electron chi connectivity index (χ2n) is 4.29. The summed E-state index contributed by atoms with van der Waals surface area (Å²) in [4.78, 5) is 20.2. The smallest absolute Gasteiger partial charge is 0.251 e. The number of carbonyl (C=O) groups excluding carboxylic acids is 1. The number of nitrogens with zero attached hydrogens (tertiary/aromatic N) is 3. The number of amides is 1. The molecule has 3 aromatic rings. The van der Waals surface area contributed by atoms with Crippen LogP contribution >= 0.6 is 15.9 Å². The first-order valence-electron chi connectivity index (χ1n) is 6.04. The third-order valence-corrected chi connectivity index (χ3v) is 3.39. The van der Waals surface area contributed by atoms with Crippen molar-refractivity contribution >= 4 is 27.6 Å². The third-order valence-electron chi connectivity index (χ3n) is 2.86. The molecule has 0 spiro atoms. The maximum atomic E-state index is 12.0. The van der Waals surface area contributed by atoms with Crippen molar-refractivity contribution in [3.8, 4) is 0 Å². The van der Waals surface area contributed by atoms with Crippen LogP contribution in [0.2, 0.25) is 0 Å². The highest BCUT2D eigenvalue weighted by Crippen LogP contribution is 2.10. The summed E-state index contributed by atoms with van der Waals surface area (Å²) in [6.45, 7) is 0.427. The number of fused-ring (bicyclic) bond motifs is 1. The van der Waals surface area contributed by atoms with E-state index in [1.807, 2.05) is 28.9 Å². The summed E-state index contributed by atoms with van der Waals surface area (Å²) in [5, 5.41) is 2.86. The summed E-state index contributed by atoms with van der Waals surface area (Å²) in [5.74, 6) is 0.538. The number of hydrogen-bond acceptors (Lipinski definition) is 3. The van der Waals surface area contributed by atoms with Crippen LogP contribution in [0, 0.1) is 0 Å². The molecule has 0 fully saturated rings. The van der Waals surface area contributed by atoms with Crippen molar-refractivity contribution in [3.05, 3.63) is 64.7 Å². The normalized spacial score (nSPS) is 10.7. The first-order chi connectivity index (χ1) is 9.72. The van der Waals surface area contributed by atoms with Gasteiger partial charge in [-0.25, -0.2) is 9.97 Å². The van der Waals surface area contributed by atoms with Gasteiger partial charge in [-0.3, -0.25) is 9.20 Å². The molecule has 0 aliphatic rings. The Hall–Kier alpha value is -2.21. The Balaban J connectivity index is 1.69. The van der Waals surface area contributed by atoms with Gasteiger partial charge in [-0.2, -0.15) is 0 Å². The molecule has 5 nitrogen and oxygen atoms in total. The third kappa shape index (κ3) is 2.70. The Morgan fingerprint density at radius 1 is 1.25 bits per heavy atom. The zero-order chi connectivity index (χ0) is 13.9. The molecule has 0 unspecified atom stereocenters. The van der Waals surface area contributed by atoms with Gasteiger partial charge in [-0.05, 0) is 24.3 Å². The van der Waals surface area contributed by atoms with Crippen molar-refractivity contribution in [2.45, 2.75) is 6.54 Å². The quantitative estimate of drug-likeness (QED) is 0.802. The Kier molecular flexibility index (Phi) is 3.47. The lowest BCUT2D eigenvalue weighted by molar-refractivity contribution is 0.0951. The van der Waals surface area contributed by atoms with Gasteiger partial charge in [0, 0.05) is 46.9 Å². The van der Waals surface area contributed by atoms with E-state index in [-0.39, 0.29) is 5.91 Å². The first kappa shape index (κ1) is 12.8. The van der Waals surface area contributed by atoms with Gasteiger partial charge in [0.05, 0.1) is 0 Å². The molecular formula is C14H11BrN4O. The first-order valence-corrected chi connectivity index (χ1v) is 6.83. The number of aromatic nitrogens is 3. The van der Waals surface area contributed by atoms with E-state index in [2.05, 4.69) is 31.2 Å². The van der Waals surface area contributed by atoms with Gasteiger partial charge in [0.15, 0.2) is 0 Å². The molecule has 1 aromatic carbocycles. The molecule has 0 saturated carbocycles. The molecule has 1 amide bonds. The van der Waals surface area contributed by atoms with E-state index >= 15 is 0 Å². The molecule has 0 saturated heterocycles. The standard InChI is InChI=1S/C14H11BrN4O/c15-12-3-1-11(2-4-12)13(20)17-7-10-8-18-14-16-5-6-19(14)9-10/h1-6,8-9H,7H2,(H,17,20). The lowest BCUT2D eigenvalue weighted by Gasteiger charge is -2.05. The van der Waals surface area contributed by atoms with Crippen LogP contribution in [0.1, 0.15) is 15.9 Å². The minimum atomic E-state index is -0.108. The number of benzene rings is 1. The van der Waals surface area contributed by atoms with Crippen molar-refractivity contribution in [2.75, 3.05) is 0 Å². The number of halogens is 1. The molecule has 0 atom stereocenters. The minimum Gasteiger partial charge on any atom is -0.348 e. The summed E-state index contributed by atoms with van der Waals surface area (Å²) in [6, 6.07) is 7.23. The zero-order valence-corrected chi connectivity index (χ0v) is 12.0. The largest absolute Gasteiger partial charge is 0.348 e. The van der Waals surface area contributed by atoms with E-state index in [1.54, 1.807) is 24.5 Å². The molecule has 0 aliphatic heterocycles. The summed E-state index contributed by atoms with van der Waals surface area (Å²) < 4.78 is 2.77. The van der Waals surface area contributed by atoms with E-state index in [1.165, 1.54) is 0 Å². The Bertz CT molecular complexity index is 751. The molecule has 3 rings (SSSR count). The van der Waals surface area contributed by atoms with Gasteiger partial charge in [0.2, 0.25) is 5.78 Å². The number of carbonyl (C=O) groups is 1. The predicted octanol–water partition coefficient (Wildman–Crippen LogP) is 2.42. The molecule has 100 valence electrons. The SMILES string of the molecule is O=C(NCc1cnc2nccn2c1)c1ccc(Br)cc1. The van der Waals surface area contributed by atoms with Crippen LogP contribution < -0.4 is 5.32 Å². The van der Waals surface area contributed by atoms with Gasteiger partial charge in [0.25, 0.3) is 5.91 Å². The highest BCUT2D eigenvalue weighted by atomic mass is 79.9. The highest BCUT2D eigenvalue weighted by molar-refractivity contribution is 9.10. The number of imidazole rings is 1. The molecule has 0 aliphatic carbocycles. The van der Waals surface area contributed by atoms with Crippen LogP contribution in [0.25, 0.3) is 5.78 Å². The average molecular weight is 331 g/mol. The van der Waals surface area contributed by atoms with Crippen LogP contribution in [-0.2, 0) is 6.54 Å². The second kappa shape index (κ2) is 5.42. The van der Waals surface area contributed by atoms with Crippen LogP contribution in [0.5, 0.6) is 0 Å². The van der Waals surface area contributed by atoms with E-state index in [9.17, 15) is 4.79 Å². The van der Waals surface area contributed by atoms with Gasteiger partial charge in [-0.1, -0.05) is 15.9 Å². The van der Waals surface area contributed by atoms with E-state index < -0.39 is 0 Å². The monoisotopic (exact) mass is 330 g/mol. The van der Waals surface area contributed by atoms with Gasteiger partial charge >= 0.3 is 0 Å². The fraction of sp³-hybridized carbons (Fsp3) is 0.0714. The average Bonchev–Trinajstić information content (AvgIpc) is 2.93. The molecule has 6 heteroatoms. The topological polar surface area (TPSA) is 59.3 Å². The summed E-state index contributed by atoms with van der Waals surface area (Å²) in [7, 11) is 0. The molecule has 20 heavy (non-hydrogen) atoms. The van der Waals surface area contributed by atoms with Gasteiger partial charge < -0.3 is 5.32 Å². The van der Waals surface area contributed by atoms with Crippen molar-refractivity contribution in [2.24, 2.45) is 0 Å². The van der Waals surface area contributed by atoms with Crippen LogP contribution in [0.4, 0.5) is 0 Å². The van der Waals surface area contributed by atoms with Crippen molar-refractivity contribution < 1.29 is 4.79 Å². The van der Waals surface area contributed by atoms with Crippen molar-refractivity contribution in [1.82, 2.24) is 19.7 Å². The number of rotatable bonds is 3. The fourth-order valence-electron chi connectivity index (χ4n) is 1.84. The fourth-order valence-corrected chi connectivity index (χ4v) is 2.10. The van der Waals surface area contributed by atoms with Gasteiger partial charge in [-0.15, -0.1) is 0 Å². The predicted molar refractivity (Wildman–Crippen MR) is 78.3 cm³/mol. The molecule has 2 heterocycles. The number of nitrogens with one attached hydrogen (secondary N) is 1. The molecular weight excluding hydrogens is 320 g/mol. The molecule has 1 N–H and O–H groups in total. The zero-order valence-electron chi connectivity index (χ0n) is 10.5. The summed E-state index contributed by atoms with van der Waals surface area (Å²) >= 11 is 3.34. The molecule has 0 radical (unpaired) electrons. The van der Waals surface area contributed by atoms with Crippen LogP contribution in [0.3, 0.4) is 0 Å². The van der Waals surface area contributed by atoms with Crippen LogP contribution in [-0.4, -0.2) is 20.3 Å². The number of hydrogen-bond donors (Lipinski definition) is 1. The summed E-state index contributed by atoms with van der Waals surface area (Å²) in [6.07, 6.45) is 7.12.